The lowest BCUT2D eigenvalue weighted by molar-refractivity contribution is 0.258. The first kappa shape index (κ1) is 9.40. The van der Waals surface area contributed by atoms with Gasteiger partial charge in [0.2, 0.25) is 0 Å². The van der Waals surface area contributed by atoms with Crippen molar-refractivity contribution in [2.75, 3.05) is 13.1 Å². The number of hydrogen-bond acceptors (Lipinski definition) is 3. The highest BCUT2D eigenvalue weighted by Crippen LogP contribution is 2.15. The summed E-state index contributed by atoms with van der Waals surface area (Å²) in [6.45, 7) is 3.92. The Kier molecular flexibility index (Phi) is 2.63. The number of aromatic nitrogens is 1. The second-order valence-electron chi connectivity index (χ2n) is 3.58. The molecule has 14 heavy (non-hydrogen) atoms. The lowest BCUT2D eigenvalue weighted by Crippen LogP contribution is -2.28. The molecule has 0 saturated heterocycles. The van der Waals surface area contributed by atoms with Crippen LogP contribution in [0.4, 0.5) is 4.39 Å². The van der Waals surface area contributed by atoms with Gasteiger partial charge in [0.25, 0.3) is 0 Å². The Bertz CT molecular complexity index is 346. The molecular weight excluding hydrogens is 183 g/mol. The molecule has 0 atom stereocenters. The van der Waals surface area contributed by atoms with Crippen LogP contribution in [0.1, 0.15) is 17.7 Å². The molecule has 76 valence electrons. The molecule has 4 heteroatoms. The summed E-state index contributed by atoms with van der Waals surface area (Å²) in [5.74, 6) is -0.0367. The maximum Gasteiger partial charge on any atom is 0.128 e. The van der Waals surface area contributed by atoms with Crippen LogP contribution >= 0.6 is 0 Å². The summed E-state index contributed by atoms with van der Waals surface area (Å²) in [5.41, 5.74) is 1.93. The third-order valence-corrected chi connectivity index (χ3v) is 2.43. The highest BCUT2D eigenvalue weighted by atomic mass is 19.1. The van der Waals surface area contributed by atoms with Crippen molar-refractivity contribution < 1.29 is 8.91 Å². The van der Waals surface area contributed by atoms with Gasteiger partial charge in [-0.1, -0.05) is 11.2 Å². The molecule has 0 fully saturated rings. The van der Waals surface area contributed by atoms with Crippen LogP contribution < -0.4 is 0 Å². The van der Waals surface area contributed by atoms with Gasteiger partial charge in [0.1, 0.15) is 12.1 Å². The topological polar surface area (TPSA) is 29.3 Å². The van der Waals surface area contributed by atoms with Crippen LogP contribution in [0.5, 0.6) is 0 Å². The average Bonchev–Trinajstić information content (AvgIpc) is 2.52. The molecule has 0 aromatic carbocycles. The quantitative estimate of drug-likeness (QED) is 0.724. The zero-order valence-electron chi connectivity index (χ0n) is 8.16. The molecule has 1 aromatic rings. The molecule has 2 heterocycles. The minimum atomic E-state index is -0.0367. The fourth-order valence-electron chi connectivity index (χ4n) is 1.60. The van der Waals surface area contributed by atoms with E-state index in [1.165, 1.54) is 0 Å². The van der Waals surface area contributed by atoms with Crippen LogP contribution in [-0.4, -0.2) is 23.1 Å². The molecule has 0 radical (unpaired) electrons. The summed E-state index contributed by atoms with van der Waals surface area (Å²) in [6, 6.07) is 0. The third kappa shape index (κ3) is 2.01. The molecule has 1 aliphatic rings. The molecule has 0 bridgehead atoms. The standard InChI is InChI=1S/C10H13FN2O/c1-8-9(7-14-12-8)5-13-4-2-3-10(11)6-13/h3,7H,2,4-6H2,1H3. The Labute approximate surface area is 82.2 Å². The Morgan fingerprint density at radius 3 is 3.14 bits per heavy atom. The third-order valence-electron chi connectivity index (χ3n) is 2.43. The van der Waals surface area contributed by atoms with Crippen LogP contribution in [0, 0.1) is 6.92 Å². The second-order valence-corrected chi connectivity index (χ2v) is 3.58. The maximum atomic E-state index is 12.9. The van der Waals surface area contributed by atoms with Crippen LogP contribution in [-0.2, 0) is 6.54 Å². The summed E-state index contributed by atoms with van der Waals surface area (Å²) in [6.07, 6.45) is 4.07. The minimum absolute atomic E-state index is 0.0367. The van der Waals surface area contributed by atoms with Gasteiger partial charge in [0.05, 0.1) is 12.2 Å². The van der Waals surface area contributed by atoms with Crippen molar-refractivity contribution >= 4 is 0 Å². The molecule has 3 nitrogen and oxygen atoms in total. The Morgan fingerprint density at radius 2 is 2.50 bits per heavy atom. The van der Waals surface area contributed by atoms with E-state index in [9.17, 15) is 4.39 Å². The summed E-state index contributed by atoms with van der Waals surface area (Å²) in [7, 11) is 0. The van der Waals surface area contributed by atoms with Gasteiger partial charge < -0.3 is 4.52 Å². The van der Waals surface area contributed by atoms with Crippen molar-refractivity contribution in [1.82, 2.24) is 10.1 Å². The largest absolute Gasteiger partial charge is 0.364 e. The minimum Gasteiger partial charge on any atom is -0.364 e. The highest BCUT2D eigenvalue weighted by Gasteiger charge is 2.14. The second kappa shape index (κ2) is 3.92. The lowest BCUT2D eigenvalue weighted by atomic mass is 10.2. The number of aryl methyl sites for hydroxylation is 1. The molecule has 1 aliphatic heterocycles. The van der Waals surface area contributed by atoms with E-state index >= 15 is 0 Å². The smallest absolute Gasteiger partial charge is 0.128 e. The summed E-state index contributed by atoms with van der Waals surface area (Å²) in [4.78, 5) is 2.05. The maximum absolute atomic E-state index is 12.9. The SMILES string of the molecule is Cc1nocc1CN1CCC=C(F)C1. The van der Waals surface area contributed by atoms with Crippen molar-refractivity contribution in [3.8, 4) is 0 Å². The first-order valence-electron chi connectivity index (χ1n) is 4.72. The zero-order valence-corrected chi connectivity index (χ0v) is 8.16. The fourth-order valence-corrected chi connectivity index (χ4v) is 1.60. The van der Waals surface area contributed by atoms with Gasteiger partial charge in [0, 0.05) is 18.7 Å². The number of hydrogen-bond donors (Lipinski definition) is 0. The lowest BCUT2D eigenvalue weighted by Gasteiger charge is -2.23. The first-order valence-corrected chi connectivity index (χ1v) is 4.72. The van der Waals surface area contributed by atoms with E-state index in [1.54, 1.807) is 12.3 Å². The number of halogens is 1. The van der Waals surface area contributed by atoms with Gasteiger partial charge in [-0.3, -0.25) is 4.90 Å². The van der Waals surface area contributed by atoms with E-state index in [0.29, 0.717) is 6.54 Å². The zero-order chi connectivity index (χ0) is 9.97. The number of rotatable bonds is 2. The van der Waals surface area contributed by atoms with E-state index in [4.69, 9.17) is 4.52 Å². The van der Waals surface area contributed by atoms with Crippen molar-refractivity contribution in [3.63, 3.8) is 0 Å². The molecule has 1 aromatic heterocycles. The van der Waals surface area contributed by atoms with Gasteiger partial charge in [0.15, 0.2) is 0 Å². The van der Waals surface area contributed by atoms with Crippen LogP contribution in [0.15, 0.2) is 22.7 Å². The summed E-state index contributed by atoms with van der Waals surface area (Å²) >= 11 is 0. The van der Waals surface area contributed by atoms with Crippen LogP contribution in [0.25, 0.3) is 0 Å². The van der Waals surface area contributed by atoms with Gasteiger partial charge in [-0.25, -0.2) is 4.39 Å². The fraction of sp³-hybridized carbons (Fsp3) is 0.500. The van der Waals surface area contributed by atoms with Gasteiger partial charge in [-0.2, -0.15) is 0 Å². The van der Waals surface area contributed by atoms with E-state index < -0.39 is 0 Å². The molecule has 2 rings (SSSR count). The Morgan fingerprint density at radius 1 is 1.64 bits per heavy atom. The van der Waals surface area contributed by atoms with Crippen LogP contribution in [0.2, 0.25) is 0 Å². The Hall–Kier alpha value is -1.16. The van der Waals surface area contributed by atoms with E-state index in [2.05, 4.69) is 10.1 Å². The molecular formula is C10H13FN2O. The molecule has 0 amide bonds. The van der Waals surface area contributed by atoms with Crippen molar-refractivity contribution in [2.45, 2.75) is 19.9 Å². The molecule has 0 saturated carbocycles. The predicted octanol–water partition coefficient (Wildman–Crippen LogP) is 2.04. The number of nitrogens with zero attached hydrogens (tertiary/aromatic N) is 2. The van der Waals surface area contributed by atoms with Crippen molar-refractivity contribution in [1.29, 1.82) is 0 Å². The average molecular weight is 196 g/mol. The Balaban J connectivity index is 1.99. The highest BCUT2D eigenvalue weighted by molar-refractivity contribution is 5.13. The molecule has 0 unspecified atom stereocenters. The molecule has 0 aliphatic carbocycles. The first-order chi connectivity index (χ1) is 6.75. The van der Waals surface area contributed by atoms with Crippen molar-refractivity contribution in [2.24, 2.45) is 0 Å². The van der Waals surface area contributed by atoms with E-state index in [0.717, 1.165) is 30.8 Å². The van der Waals surface area contributed by atoms with Gasteiger partial charge in [-0.05, 0) is 13.3 Å². The summed E-state index contributed by atoms with van der Waals surface area (Å²) < 4.78 is 17.8. The monoisotopic (exact) mass is 196 g/mol. The molecule has 0 spiro atoms. The van der Waals surface area contributed by atoms with Gasteiger partial charge in [-0.15, -0.1) is 0 Å². The van der Waals surface area contributed by atoms with Crippen LogP contribution in [0.3, 0.4) is 0 Å². The van der Waals surface area contributed by atoms with Crippen molar-refractivity contribution in [3.05, 3.63) is 29.4 Å². The normalized spacial score (nSPS) is 18.3. The molecule has 0 N–H and O–H groups in total. The summed E-state index contributed by atoms with van der Waals surface area (Å²) in [5, 5.41) is 3.79. The van der Waals surface area contributed by atoms with Gasteiger partial charge >= 0.3 is 0 Å². The predicted molar refractivity (Wildman–Crippen MR) is 50.3 cm³/mol. The van der Waals surface area contributed by atoms with E-state index in [1.807, 2.05) is 6.92 Å². The van der Waals surface area contributed by atoms with E-state index in [-0.39, 0.29) is 5.83 Å².